The van der Waals surface area contributed by atoms with Crippen molar-refractivity contribution in [3.05, 3.63) is 59.2 Å². The summed E-state index contributed by atoms with van der Waals surface area (Å²) in [5.41, 5.74) is 3.03. The molecule has 26 heavy (non-hydrogen) atoms. The largest absolute Gasteiger partial charge is 0.508 e. The van der Waals surface area contributed by atoms with Crippen molar-refractivity contribution in [3.63, 3.8) is 0 Å². The summed E-state index contributed by atoms with van der Waals surface area (Å²) in [5, 5.41) is 20.5. The topological polar surface area (TPSA) is 52.9 Å². The van der Waals surface area contributed by atoms with Crippen LogP contribution < -0.4 is 4.74 Å². The van der Waals surface area contributed by atoms with Crippen LogP contribution in [0.2, 0.25) is 0 Å². The van der Waals surface area contributed by atoms with E-state index in [1.807, 2.05) is 6.07 Å². The van der Waals surface area contributed by atoms with E-state index < -0.39 is 5.60 Å². The minimum atomic E-state index is -0.600. The molecule has 2 heterocycles. The van der Waals surface area contributed by atoms with Gasteiger partial charge in [0.25, 0.3) is 0 Å². The average molecular weight is 353 g/mol. The van der Waals surface area contributed by atoms with Gasteiger partial charge >= 0.3 is 0 Å². The number of piperidine rings is 1. The summed E-state index contributed by atoms with van der Waals surface area (Å²) in [6, 6.07) is 13.8. The van der Waals surface area contributed by atoms with Gasteiger partial charge in [-0.15, -0.1) is 0 Å². The maximum absolute atomic E-state index is 11.0. The molecule has 4 heteroatoms. The van der Waals surface area contributed by atoms with Crippen LogP contribution in [0.25, 0.3) is 0 Å². The summed E-state index contributed by atoms with van der Waals surface area (Å²) < 4.78 is 5.99. The number of hydrogen-bond donors (Lipinski definition) is 2. The normalized spacial score (nSPS) is 22.0. The molecule has 0 saturated carbocycles. The number of aryl methyl sites for hydroxylation is 1. The SMILES string of the molecule is Cc1ccc(CC2(O)CCN(CC3Cc4ccc(O)cc4O3)CC2)cc1. The van der Waals surface area contributed by atoms with Gasteiger partial charge in [-0.1, -0.05) is 35.9 Å². The number of rotatable bonds is 4. The molecular weight excluding hydrogens is 326 g/mol. The van der Waals surface area contributed by atoms with Gasteiger partial charge in [0.05, 0.1) is 5.60 Å². The van der Waals surface area contributed by atoms with Crippen LogP contribution in [0.4, 0.5) is 0 Å². The van der Waals surface area contributed by atoms with Crippen LogP contribution in [-0.4, -0.2) is 46.5 Å². The third-order valence-electron chi connectivity index (χ3n) is 5.69. The first kappa shape index (κ1) is 17.4. The molecule has 0 aliphatic carbocycles. The fraction of sp³-hybridized carbons (Fsp3) is 0.455. The Balaban J connectivity index is 1.29. The molecule has 2 N–H and O–H groups in total. The minimum absolute atomic E-state index is 0.134. The Morgan fingerprint density at radius 2 is 1.85 bits per heavy atom. The van der Waals surface area contributed by atoms with E-state index in [-0.39, 0.29) is 11.9 Å². The van der Waals surface area contributed by atoms with Crippen molar-refractivity contribution in [2.45, 2.75) is 44.3 Å². The highest BCUT2D eigenvalue weighted by Crippen LogP contribution is 2.33. The smallest absolute Gasteiger partial charge is 0.126 e. The number of ether oxygens (including phenoxy) is 1. The van der Waals surface area contributed by atoms with E-state index in [0.29, 0.717) is 0 Å². The van der Waals surface area contributed by atoms with Crippen LogP contribution in [0, 0.1) is 6.92 Å². The van der Waals surface area contributed by atoms with Crippen molar-refractivity contribution in [3.8, 4) is 11.5 Å². The minimum Gasteiger partial charge on any atom is -0.508 e. The van der Waals surface area contributed by atoms with E-state index in [1.165, 1.54) is 16.7 Å². The molecule has 1 atom stereocenters. The highest BCUT2D eigenvalue weighted by Gasteiger charge is 2.34. The molecule has 0 bridgehead atoms. The highest BCUT2D eigenvalue weighted by atomic mass is 16.5. The second-order valence-corrected chi connectivity index (χ2v) is 7.92. The zero-order valence-corrected chi connectivity index (χ0v) is 15.3. The van der Waals surface area contributed by atoms with Crippen LogP contribution in [0.15, 0.2) is 42.5 Å². The van der Waals surface area contributed by atoms with Crippen molar-refractivity contribution in [1.29, 1.82) is 0 Å². The zero-order valence-electron chi connectivity index (χ0n) is 15.3. The van der Waals surface area contributed by atoms with Crippen LogP contribution in [-0.2, 0) is 12.8 Å². The van der Waals surface area contributed by atoms with Gasteiger partial charge in [0, 0.05) is 38.5 Å². The maximum Gasteiger partial charge on any atom is 0.126 e. The van der Waals surface area contributed by atoms with Crippen molar-refractivity contribution in [1.82, 2.24) is 4.90 Å². The fourth-order valence-corrected chi connectivity index (χ4v) is 4.09. The van der Waals surface area contributed by atoms with Crippen molar-refractivity contribution >= 4 is 0 Å². The Morgan fingerprint density at radius 3 is 2.58 bits per heavy atom. The predicted molar refractivity (Wildman–Crippen MR) is 102 cm³/mol. The number of hydrogen-bond acceptors (Lipinski definition) is 4. The predicted octanol–water partition coefficient (Wildman–Crippen LogP) is 3.07. The molecule has 2 aliphatic rings. The molecule has 1 unspecified atom stereocenters. The zero-order chi connectivity index (χ0) is 18.1. The van der Waals surface area contributed by atoms with Crippen LogP contribution in [0.1, 0.15) is 29.5 Å². The molecule has 0 spiro atoms. The molecule has 2 aliphatic heterocycles. The van der Waals surface area contributed by atoms with E-state index in [1.54, 1.807) is 12.1 Å². The van der Waals surface area contributed by atoms with E-state index in [4.69, 9.17) is 4.74 Å². The lowest BCUT2D eigenvalue weighted by Crippen LogP contribution is -2.48. The third kappa shape index (κ3) is 3.87. The summed E-state index contributed by atoms with van der Waals surface area (Å²) >= 11 is 0. The molecule has 2 aromatic rings. The van der Waals surface area contributed by atoms with Gasteiger partial charge in [-0.3, -0.25) is 4.90 Å². The number of phenols is 1. The highest BCUT2D eigenvalue weighted by molar-refractivity contribution is 5.43. The average Bonchev–Trinajstić information content (AvgIpc) is 3.01. The maximum atomic E-state index is 11.0. The molecule has 4 rings (SSSR count). The molecular formula is C22H27NO3. The second-order valence-electron chi connectivity index (χ2n) is 7.92. The van der Waals surface area contributed by atoms with Gasteiger partial charge in [0.2, 0.25) is 0 Å². The van der Waals surface area contributed by atoms with E-state index >= 15 is 0 Å². The van der Waals surface area contributed by atoms with Crippen LogP contribution >= 0.6 is 0 Å². The van der Waals surface area contributed by atoms with Crippen molar-refractivity contribution in [2.75, 3.05) is 19.6 Å². The van der Waals surface area contributed by atoms with E-state index in [0.717, 1.165) is 51.1 Å². The molecule has 0 radical (unpaired) electrons. The second kappa shape index (κ2) is 6.93. The number of nitrogens with zero attached hydrogens (tertiary/aromatic N) is 1. The van der Waals surface area contributed by atoms with E-state index in [9.17, 15) is 10.2 Å². The number of likely N-dealkylation sites (tertiary alicyclic amines) is 1. The fourth-order valence-electron chi connectivity index (χ4n) is 4.09. The molecule has 0 aromatic heterocycles. The Kier molecular flexibility index (Phi) is 4.63. The van der Waals surface area contributed by atoms with Crippen LogP contribution in [0.5, 0.6) is 11.5 Å². The lowest BCUT2D eigenvalue weighted by atomic mass is 9.85. The number of fused-ring (bicyclic) bond motifs is 1. The third-order valence-corrected chi connectivity index (χ3v) is 5.69. The van der Waals surface area contributed by atoms with Gasteiger partial charge < -0.3 is 14.9 Å². The monoisotopic (exact) mass is 353 g/mol. The van der Waals surface area contributed by atoms with Gasteiger partial charge in [0.1, 0.15) is 17.6 Å². The van der Waals surface area contributed by atoms with Gasteiger partial charge in [-0.05, 0) is 37.0 Å². The number of benzene rings is 2. The summed E-state index contributed by atoms with van der Waals surface area (Å²) in [7, 11) is 0. The Hall–Kier alpha value is -2.04. The first-order valence-corrected chi connectivity index (χ1v) is 9.48. The quantitative estimate of drug-likeness (QED) is 0.887. The lowest BCUT2D eigenvalue weighted by molar-refractivity contribution is -0.0265. The molecule has 4 nitrogen and oxygen atoms in total. The van der Waals surface area contributed by atoms with Crippen molar-refractivity contribution < 1.29 is 14.9 Å². The Bertz CT molecular complexity index is 763. The first-order valence-electron chi connectivity index (χ1n) is 9.48. The number of aliphatic hydroxyl groups is 1. The molecule has 0 amide bonds. The van der Waals surface area contributed by atoms with Gasteiger partial charge in [0.15, 0.2) is 0 Å². The van der Waals surface area contributed by atoms with Crippen molar-refractivity contribution in [2.24, 2.45) is 0 Å². The Morgan fingerprint density at radius 1 is 1.12 bits per heavy atom. The molecule has 138 valence electrons. The summed E-state index contributed by atoms with van der Waals surface area (Å²) in [4.78, 5) is 2.39. The van der Waals surface area contributed by atoms with Gasteiger partial charge in [-0.25, -0.2) is 0 Å². The molecule has 2 aromatic carbocycles. The standard InChI is InChI=1S/C22H27NO3/c1-16-2-4-17(5-3-16)14-22(25)8-10-23(11-9-22)15-20-12-18-6-7-19(24)13-21(18)26-20/h2-7,13,20,24-25H,8-12,14-15H2,1H3. The Labute approximate surface area is 155 Å². The first-order chi connectivity index (χ1) is 12.5. The summed E-state index contributed by atoms with van der Waals surface area (Å²) in [6.07, 6.45) is 3.34. The summed E-state index contributed by atoms with van der Waals surface area (Å²) in [6.45, 7) is 4.74. The molecule has 1 saturated heterocycles. The number of phenolic OH excluding ortho intramolecular Hbond substituents is 1. The van der Waals surface area contributed by atoms with Gasteiger partial charge in [-0.2, -0.15) is 0 Å². The number of aromatic hydroxyl groups is 1. The summed E-state index contributed by atoms with van der Waals surface area (Å²) in [5.74, 6) is 1.06. The molecule has 1 fully saturated rings. The van der Waals surface area contributed by atoms with E-state index in [2.05, 4.69) is 36.1 Å². The van der Waals surface area contributed by atoms with Crippen LogP contribution in [0.3, 0.4) is 0 Å². The lowest BCUT2D eigenvalue weighted by Gasteiger charge is -2.39.